The van der Waals surface area contributed by atoms with Gasteiger partial charge in [0.2, 0.25) is 0 Å². The minimum absolute atomic E-state index is 0.0934. The zero-order valence-electron chi connectivity index (χ0n) is 8.78. The monoisotopic (exact) mass is 265 g/mol. The first kappa shape index (κ1) is 12.1. The summed E-state index contributed by atoms with van der Waals surface area (Å²) in [6, 6.07) is 5.98. The first-order valence-corrected chi connectivity index (χ1v) is 5.12. The molecule has 0 aliphatic rings. The predicted octanol–water partition coefficient (Wildman–Crippen LogP) is 1.19. The Bertz CT molecular complexity index is 742. The molecule has 0 aliphatic heterocycles. The number of hydrogen-bond donors (Lipinski definition) is 1. The maximum absolute atomic E-state index is 13.1. The van der Waals surface area contributed by atoms with Crippen LogP contribution in [0.4, 0.5) is 4.39 Å². The third-order valence-corrected chi connectivity index (χ3v) is 2.43. The Hall–Kier alpha value is -2.39. The van der Waals surface area contributed by atoms with Gasteiger partial charge in [-0.15, -0.1) is 0 Å². The van der Waals surface area contributed by atoms with Crippen molar-refractivity contribution >= 4 is 11.6 Å². The molecule has 0 fully saturated rings. The fourth-order valence-electron chi connectivity index (χ4n) is 1.45. The van der Waals surface area contributed by atoms with E-state index in [0.29, 0.717) is 0 Å². The van der Waals surface area contributed by atoms with E-state index >= 15 is 0 Å². The molecule has 0 unspecified atom stereocenters. The Morgan fingerprint density at radius 1 is 1.33 bits per heavy atom. The average Bonchev–Trinajstić information content (AvgIpc) is 2.30. The fourth-order valence-corrected chi connectivity index (χ4v) is 1.62. The zero-order chi connectivity index (χ0) is 13.3. The molecule has 18 heavy (non-hydrogen) atoms. The Morgan fingerprint density at radius 2 is 2.06 bits per heavy atom. The van der Waals surface area contributed by atoms with Gasteiger partial charge >= 0.3 is 5.69 Å². The molecule has 0 amide bonds. The highest BCUT2D eigenvalue weighted by Crippen LogP contribution is 2.11. The number of nitrogens with zero attached hydrogens (tertiary/aromatic N) is 2. The van der Waals surface area contributed by atoms with Crippen molar-refractivity contribution in [3.63, 3.8) is 0 Å². The van der Waals surface area contributed by atoms with Gasteiger partial charge < -0.3 is 0 Å². The van der Waals surface area contributed by atoms with Crippen molar-refractivity contribution in [3.8, 4) is 11.8 Å². The van der Waals surface area contributed by atoms with E-state index < -0.39 is 17.1 Å². The van der Waals surface area contributed by atoms with Crippen LogP contribution < -0.4 is 11.2 Å². The van der Waals surface area contributed by atoms with Crippen LogP contribution in [0.15, 0.2) is 33.9 Å². The molecule has 5 nitrogen and oxygen atoms in total. The smallest absolute Gasteiger partial charge is 0.297 e. The summed E-state index contributed by atoms with van der Waals surface area (Å²) in [4.78, 5) is 25.4. The van der Waals surface area contributed by atoms with Crippen LogP contribution >= 0.6 is 11.6 Å². The predicted molar refractivity (Wildman–Crippen MR) is 62.3 cm³/mol. The molecule has 0 radical (unpaired) electrons. The second-order valence-electron chi connectivity index (χ2n) is 3.37. The van der Waals surface area contributed by atoms with Gasteiger partial charge in [-0.1, -0.05) is 11.6 Å². The third kappa shape index (κ3) is 2.04. The zero-order valence-corrected chi connectivity index (χ0v) is 9.53. The van der Waals surface area contributed by atoms with Crippen LogP contribution in [0.3, 0.4) is 0 Å². The Morgan fingerprint density at radius 3 is 2.67 bits per heavy atom. The molecule has 0 saturated heterocycles. The van der Waals surface area contributed by atoms with Crippen molar-refractivity contribution in [2.45, 2.75) is 0 Å². The van der Waals surface area contributed by atoms with Crippen molar-refractivity contribution in [2.75, 3.05) is 0 Å². The second kappa shape index (κ2) is 4.47. The highest BCUT2D eigenvalue weighted by atomic mass is 35.5. The summed E-state index contributed by atoms with van der Waals surface area (Å²) in [5.41, 5.74) is -1.59. The van der Waals surface area contributed by atoms with Gasteiger partial charge in [0.15, 0.2) is 0 Å². The summed E-state index contributed by atoms with van der Waals surface area (Å²) in [5, 5.41) is 8.59. The Balaban J connectivity index is 2.75. The molecule has 0 bridgehead atoms. The number of halogens is 2. The largest absolute Gasteiger partial charge is 0.334 e. The Labute approximate surface area is 105 Å². The number of aromatic nitrogens is 2. The molecule has 2 rings (SSSR count). The molecule has 90 valence electrons. The lowest BCUT2D eigenvalue weighted by Gasteiger charge is -2.04. The molecule has 1 aromatic carbocycles. The van der Waals surface area contributed by atoms with E-state index in [9.17, 15) is 14.0 Å². The van der Waals surface area contributed by atoms with E-state index in [1.54, 1.807) is 6.07 Å². The van der Waals surface area contributed by atoms with Crippen LogP contribution in [-0.4, -0.2) is 9.55 Å². The van der Waals surface area contributed by atoms with E-state index in [-0.39, 0.29) is 16.4 Å². The molecule has 0 spiro atoms. The van der Waals surface area contributed by atoms with E-state index in [2.05, 4.69) is 4.98 Å². The minimum atomic E-state index is -0.761. The lowest BCUT2D eigenvalue weighted by atomic mass is 10.2. The van der Waals surface area contributed by atoms with Gasteiger partial charge in [0.05, 0.1) is 11.3 Å². The van der Waals surface area contributed by atoms with Crippen LogP contribution in [0, 0.1) is 17.1 Å². The molecule has 2 aromatic rings. The number of aromatic amines is 1. The maximum atomic E-state index is 13.1. The molecule has 7 heteroatoms. The fraction of sp³-hybridized carbons (Fsp3) is 0. The van der Waals surface area contributed by atoms with E-state index in [1.807, 2.05) is 0 Å². The van der Waals surface area contributed by atoms with Crippen molar-refractivity contribution in [1.29, 1.82) is 5.26 Å². The summed E-state index contributed by atoms with van der Waals surface area (Å²) < 4.78 is 13.9. The Kier molecular flexibility index (Phi) is 3.00. The average molecular weight is 266 g/mol. The van der Waals surface area contributed by atoms with Crippen molar-refractivity contribution in [2.24, 2.45) is 0 Å². The van der Waals surface area contributed by atoms with Gasteiger partial charge in [-0.05, 0) is 18.2 Å². The molecule has 0 aliphatic carbocycles. The highest BCUT2D eigenvalue weighted by Gasteiger charge is 2.09. The summed E-state index contributed by atoms with van der Waals surface area (Å²) in [6.07, 6.45) is 0. The number of rotatable bonds is 1. The summed E-state index contributed by atoms with van der Waals surface area (Å²) >= 11 is 5.51. The molecule has 1 aromatic heterocycles. The summed E-state index contributed by atoms with van der Waals surface area (Å²) in [7, 11) is 0. The van der Waals surface area contributed by atoms with Crippen LogP contribution in [0.2, 0.25) is 5.15 Å². The highest BCUT2D eigenvalue weighted by molar-refractivity contribution is 6.29. The van der Waals surface area contributed by atoms with Crippen LogP contribution in [0.1, 0.15) is 5.56 Å². The van der Waals surface area contributed by atoms with E-state index in [1.165, 1.54) is 6.07 Å². The standard InChI is InChI=1S/C11H5ClFN3O2/c12-9-4-10(17)16(11(18)15-9)7-1-2-8(13)6(3-7)5-14/h1-4H,(H,15,18). The topological polar surface area (TPSA) is 78.7 Å². The lowest BCUT2D eigenvalue weighted by Crippen LogP contribution is -2.33. The summed E-state index contributed by atoms with van der Waals surface area (Å²) in [6.45, 7) is 0. The minimum Gasteiger partial charge on any atom is -0.297 e. The second-order valence-corrected chi connectivity index (χ2v) is 3.78. The number of nitrogens with one attached hydrogen (secondary N) is 1. The SMILES string of the molecule is N#Cc1cc(-n2c(=O)cc(Cl)[nH]c2=O)ccc1F. The first-order chi connectivity index (χ1) is 8.52. The van der Waals surface area contributed by atoms with Crippen LogP contribution in [-0.2, 0) is 0 Å². The van der Waals surface area contributed by atoms with E-state index in [0.717, 1.165) is 22.8 Å². The number of hydrogen-bond acceptors (Lipinski definition) is 3. The molecule has 1 N–H and O–H groups in total. The van der Waals surface area contributed by atoms with Crippen LogP contribution in [0.25, 0.3) is 5.69 Å². The van der Waals surface area contributed by atoms with Crippen molar-refractivity contribution < 1.29 is 4.39 Å². The van der Waals surface area contributed by atoms with Crippen molar-refractivity contribution in [1.82, 2.24) is 9.55 Å². The molecular formula is C11H5ClFN3O2. The van der Waals surface area contributed by atoms with Gasteiger partial charge in [-0.25, -0.2) is 13.8 Å². The third-order valence-electron chi connectivity index (χ3n) is 2.23. The molecule has 0 saturated carbocycles. The number of H-pyrrole nitrogens is 1. The van der Waals surface area contributed by atoms with Crippen molar-refractivity contribution in [3.05, 3.63) is 61.6 Å². The summed E-state index contributed by atoms with van der Waals surface area (Å²) in [5.74, 6) is -0.723. The number of benzene rings is 1. The van der Waals surface area contributed by atoms with Gasteiger partial charge in [0, 0.05) is 6.07 Å². The maximum Gasteiger partial charge on any atom is 0.334 e. The van der Waals surface area contributed by atoms with Crippen LogP contribution in [0.5, 0.6) is 0 Å². The quantitative estimate of drug-likeness (QED) is 0.787. The molecule has 1 heterocycles. The molecule has 0 atom stereocenters. The van der Waals surface area contributed by atoms with Gasteiger partial charge in [0.25, 0.3) is 5.56 Å². The van der Waals surface area contributed by atoms with Gasteiger partial charge in [0.1, 0.15) is 17.0 Å². The van der Waals surface area contributed by atoms with Gasteiger partial charge in [-0.3, -0.25) is 9.78 Å². The van der Waals surface area contributed by atoms with Gasteiger partial charge in [-0.2, -0.15) is 5.26 Å². The normalized spacial score (nSPS) is 10.1. The van der Waals surface area contributed by atoms with E-state index in [4.69, 9.17) is 16.9 Å². The first-order valence-electron chi connectivity index (χ1n) is 4.75. The molecular weight excluding hydrogens is 261 g/mol. The number of nitriles is 1. The lowest BCUT2D eigenvalue weighted by molar-refractivity contribution is 0.623.